The number of amides is 1. The summed E-state index contributed by atoms with van der Waals surface area (Å²) in [7, 11) is -0.485. The molecule has 2 heterocycles. The zero-order chi connectivity index (χ0) is 31.2. The number of anilines is 3. The van der Waals surface area contributed by atoms with Crippen molar-refractivity contribution in [3.8, 4) is 23.1 Å². The summed E-state index contributed by atoms with van der Waals surface area (Å²) in [5.41, 5.74) is 3.56. The Balaban J connectivity index is 1.45. The molecule has 0 radical (unpaired) electrons. The van der Waals surface area contributed by atoms with E-state index in [0.717, 1.165) is 29.7 Å². The third kappa shape index (κ3) is 6.21. The maximum absolute atomic E-state index is 15.2. The van der Waals surface area contributed by atoms with Gasteiger partial charge in [-0.3, -0.25) is 4.79 Å². The fourth-order valence-corrected chi connectivity index (χ4v) is 5.85. The molecule has 1 aromatic heterocycles. The van der Waals surface area contributed by atoms with Crippen LogP contribution in [0.3, 0.4) is 0 Å². The molecule has 0 bridgehead atoms. The van der Waals surface area contributed by atoms with Crippen molar-refractivity contribution in [2.45, 2.75) is 70.2 Å². The highest BCUT2D eigenvalue weighted by molar-refractivity contribution is 6.74. The quantitative estimate of drug-likeness (QED) is 0.237. The number of carbonyl (C=O) groups is 1. The Hall–Kier alpha value is -4.01. The minimum absolute atomic E-state index is 0.00271. The highest BCUT2D eigenvalue weighted by Crippen LogP contribution is 2.44. The molecule has 11 heteroatoms. The number of benzene rings is 2. The first kappa shape index (κ1) is 30.4. The predicted molar refractivity (Wildman–Crippen MR) is 168 cm³/mol. The normalized spacial score (nSPS) is 17.9. The zero-order valence-corrected chi connectivity index (χ0v) is 26.8. The fourth-order valence-electron chi connectivity index (χ4n) is 4.73. The third-order valence-electron chi connectivity index (χ3n) is 8.68. The van der Waals surface area contributed by atoms with Gasteiger partial charge in [0, 0.05) is 43.4 Å². The van der Waals surface area contributed by atoms with Crippen molar-refractivity contribution in [1.29, 1.82) is 5.26 Å². The number of carbonyl (C=O) groups excluding carboxylic acids is 1. The lowest BCUT2D eigenvalue weighted by atomic mass is 9.83. The van der Waals surface area contributed by atoms with E-state index < -0.39 is 14.1 Å². The lowest BCUT2D eigenvalue weighted by Crippen LogP contribution is -2.45. The number of nitrogens with one attached hydrogen (secondary N) is 3. The molecule has 0 spiro atoms. The SMILES string of the molecule is CNC(=O)c1cc(Nc2nccc(-c3cc(C#N)c4c(c3)[C@@](C)(CO[Si](C)(C)C(C)(C)C)CN4)n2)c(F)cc1OC1CC1. The van der Waals surface area contributed by atoms with E-state index in [1.165, 1.54) is 19.2 Å². The number of rotatable bonds is 9. The van der Waals surface area contributed by atoms with Crippen molar-refractivity contribution in [3.63, 3.8) is 0 Å². The summed E-state index contributed by atoms with van der Waals surface area (Å²) in [6.07, 6.45) is 3.34. The van der Waals surface area contributed by atoms with Crippen molar-refractivity contribution < 1.29 is 18.3 Å². The van der Waals surface area contributed by atoms with Crippen LogP contribution in [0.15, 0.2) is 36.5 Å². The maximum atomic E-state index is 15.2. The van der Waals surface area contributed by atoms with E-state index in [1.54, 1.807) is 18.3 Å². The van der Waals surface area contributed by atoms with Crippen LogP contribution in [-0.4, -0.2) is 50.5 Å². The molecule has 0 saturated heterocycles. The maximum Gasteiger partial charge on any atom is 0.254 e. The minimum Gasteiger partial charge on any atom is -0.489 e. The van der Waals surface area contributed by atoms with E-state index in [2.05, 4.69) is 72.8 Å². The molecule has 43 heavy (non-hydrogen) atoms. The highest BCUT2D eigenvalue weighted by atomic mass is 28.4. The van der Waals surface area contributed by atoms with Crippen molar-refractivity contribution in [3.05, 3.63) is 59.0 Å². The van der Waals surface area contributed by atoms with E-state index >= 15 is 4.39 Å². The average molecular weight is 603 g/mol. The molecule has 1 aliphatic carbocycles. The number of fused-ring (bicyclic) bond motifs is 1. The lowest BCUT2D eigenvalue weighted by Gasteiger charge is -2.39. The van der Waals surface area contributed by atoms with Crippen LogP contribution in [0.2, 0.25) is 18.1 Å². The average Bonchev–Trinajstić information content (AvgIpc) is 3.72. The van der Waals surface area contributed by atoms with Gasteiger partial charge < -0.3 is 25.1 Å². The molecule has 3 N–H and O–H groups in total. The Kier molecular flexibility index (Phi) is 7.96. The first-order valence-corrected chi connectivity index (χ1v) is 17.4. The van der Waals surface area contributed by atoms with Gasteiger partial charge in [-0.05, 0) is 60.8 Å². The van der Waals surface area contributed by atoms with Gasteiger partial charge in [0.2, 0.25) is 5.95 Å². The Morgan fingerprint density at radius 1 is 1.26 bits per heavy atom. The van der Waals surface area contributed by atoms with Gasteiger partial charge in [-0.25, -0.2) is 14.4 Å². The molecule has 9 nitrogen and oxygen atoms in total. The first-order valence-electron chi connectivity index (χ1n) is 14.5. The molecule has 1 aliphatic heterocycles. The smallest absolute Gasteiger partial charge is 0.254 e. The van der Waals surface area contributed by atoms with Gasteiger partial charge in [0.15, 0.2) is 8.32 Å². The zero-order valence-electron chi connectivity index (χ0n) is 25.8. The number of hydrogen-bond donors (Lipinski definition) is 3. The Labute approximate surface area is 253 Å². The second-order valence-corrected chi connectivity index (χ2v) is 17.9. The molecule has 0 unspecified atom stereocenters. The third-order valence-corrected chi connectivity index (χ3v) is 13.2. The summed E-state index contributed by atoms with van der Waals surface area (Å²) >= 11 is 0. The summed E-state index contributed by atoms with van der Waals surface area (Å²) in [4.78, 5) is 21.5. The Morgan fingerprint density at radius 3 is 2.65 bits per heavy atom. The van der Waals surface area contributed by atoms with Crippen LogP contribution in [0.4, 0.5) is 21.7 Å². The summed E-state index contributed by atoms with van der Waals surface area (Å²) in [5.74, 6) is -0.623. The van der Waals surface area contributed by atoms with Crippen LogP contribution in [0, 0.1) is 17.1 Å². The number of halogens is 1. The van der Waals surface area contributed by atoms with Crippen LogP contribution < -0.4 is 20.7 Å². The first-order chi connectivity index (χ1) is 20.2. The highest BCUT2D eigenvalue weighted by Gasteiger charge is 2.42. The Morgan fingerprint density at radius 2 is 2.00 bits per heavy atom. The molecular weight excluding hydrogens is 563 g/mol. The summed E-state index contributed by atoms with van der Waals surface area (Å²) in [6.45, 7) is 14.5. The minimum atomic E-state index is -2.00. The van der Waals surface area contributed by atoms with E-state index in [0.29, 0.717) is 24.4 Å². The molecule has 2 aliphatic rings. The molecule has 1 fully saturated rings. The summed E-state index contributed by atoms with van der Waals surface area (Å²) in [6, 6.07) is 10.5. The lowest BCUT2D eigenvalue weighted by molar-refractivity contribution is 0.0958. The molecule has 1 saturated carbocycles. The molecule has 226 valence electrons. The van der Waals surface area contributed by atoms with Gasteiger partial charge >= 0.3 is 0 Å². The van der Waals surface area contributed by atoms with Crippen molar-refractivity contribution >= 4 is 31.5 Å². The molecule has 3 aromatic rings. The standard InChI is InChI=1S/C32H39FN6O3Si/c1-31(2,3)43(6,7)41-18-32(4)17-37-28-20(16-34)12-19(13-23(28)32)25-10-11-36-30(38-25)39-26-14-22(29(40)35-5)27(15-24(26)33)42-21-8-9-21/h10-15,21,37H,8-9,17-18H2,1-7H3,(H,35,40)(H,36,38,39)/t32-/m1/s1. The van der Waals surface area contributed by atoms with Crippen molar-refractivity contribution in [2.75, 3.05) is 30.8 Å². The van der Waals surface area contributed by atoms with Crippen LogP contribution in [0.5, 0.6) is 5.75 Å². The fraction of sp³-hybridized carbons (Fsp3) is 0.438. The monoisotopic (exact) mass is 602 g/mol. The van der Waals surface area contributed by atoms with Gasteiger partial charge in [-0.15, -0.1) is 0 Å². The van der Waals surface area contributed by atoms with Crippen molar-refractivity contribution in [2.24, 2.45) is 0 Å². The van der Waals surface area contributed by atoms with E-state index in [1.807, 2.05) is 6.07 Å². The van der Waals surface area contributed by atoms with Gasteiger partial charge in [0.05, 0.1) is 34.3 Å². The van der Waals surface area contributed by atoms with E-state index in [9.17, 15) is 10.1 Å². The summed E-state index contributed by atoms with van der Waals surface area (Å²) in [5, 5.41) is 19.0. The van der Waals surface area contributed by atoms with Crippen LogP contribution >= 0.6 is 0 Å². The van der Waals surface area contributed by atoms with E-state index in [4.69, 9.17) is 9.16 Å². The topological polar surface area (TPSA) is 121 Å². The molecule has 2 aromatic carbocycles. The van der Waals surface area contributed by atoms with Gasteiger partial charge in [0.25, 0.3) is 5.91 Å². The van der Waals surface area contributed by atoms with Crippen LogP contribution in [-0.2, 0) is 9.84 Å². The van der Waals surface area contributed by atoms with Crippen LogP contribution in [0.25, 0.3) is 11.3 Å². The van der Waals surface area contributed by atoms with Gasteiger partial charge in [-0.2, -0.15) is 5.26 Å². The predicted octanol–water partition coefficient (Wildman–Crippen LogP) is 6.50. The van der Waals surface area contributed by atoms with Crippen LogP contribution in [0.1, 0.15) is 62.0 Å². The Bertz CT molecular complexity index is 1610. The number of hydrogen-bond acceptors (Lipinski definition) is 8. The van der Waals surface area contributed by atoms with Gasteiger partial charge in [0.1, 0.15) is 17.6 Å². The van der Waals surface area contributed by atoms with Crippen molar-refractivity contribution in [1.82, 2.24) is 15.3 Å². The van der Waals surface area contributed by atoms with Gasteiger partial charge in [-0.1, -0.05) is 27.7 Å². The number of nitriles is 1. The molecule has 5 rings (SSSR count). The number of aromatic nitrogens is 2. The summed E-state index contributed by atoms with van der Waals surface area (Å²) < 4.78 is 27.6. The molecular formula is C32H39FN6O3Si. The van der Waals surface area contributed by atoms with E-state index in [-0.39, 0.29) is 45.4 Å². The second kappa shape index (κ2) is 11.2. The molecule has 1 amide bonds. The number of ether oxygens (including phenoxy) is 1. The number of nitrogens with zero attached hydrogens (tertiary/aromatic N) is 3. The molecule has 1 atom stereocenters. The second-order valence-electron chi connectivity index (χ2n) is 13.1. The largest absolute Gasteiger partial charge is 0.489 e.